The lowest BCUT2D eigenvalue weighted by Gasteiger charge is -2.35. The Balaban J connectivity index is 1.86. The topological polar surface area (TPSA) is 122 Å². The standard InChI is InChI=1S/C23H19ClN2O6/c1-31-23(28)21-19(13-7-8-15(24)16(9-13)26(29)30)20-17(27)10-14(11-18(20)32-22(21)25)12-5-3-2-4-6-12/h2-9,14,19H,10-11,25H2,1H3/t14-,19-/m0/s1. The first-order valence-corrected chi connectivity index (χ1v) is 10.2. The number of hydrogen-bond acceptors (Lipinski definition) is 7. The third-order valence-corrected chi connectivity index (χ3v) is 6.04. The van der Waals surface area contributed by atoms with Gasteiger partial charge < -0.3 is 15.2 Å². The second-order valence-electron chi connectivity index (χ2n) is 7.55. The second-order valence-corrected chi connectivity index (χ2v) is 7.96. The number of carbonyl (C=O) groups is 2. The van der Waals surface area contributed by atoms with Crippen molar-refractivity contribution in [3.63, 3.8) is 0 Å². The zero-order valence-corrected chi connectivity index (χ0v) is 17.8. The van der Waals surface area contributed by atoms with Crippen molar-refractivity contribution >= 4 is 29.0 Å². The number of ether oxygens (including phenoxy) is 2. The van der Waals surface area contributed by atoms with Gasteiger partial charge in [0.05, 0.1) is 18.0 Å². The predicted octanol–water partition coefficient (Wildman–Crippen LogP) is 4.11. The molecule has 0 bridgehead atoms. The zero-order chi connectivity index (χ0) is 23.0. The maximum atomic E-state index is 13.3. The number of allylic oxidation sites excluding steroid dienone is 2. The maximum absolute atomic E-state index is 13.3. The van der Waals surface area contributed by atoms with Gasteiger partial charge in [-0.05, 0) is 23.1 Å². The first kappa shape index (κ1) is 21.6. The lowest BCUT2D eigenvalue weighted by atomic mass is 9.73. The van der Waals surface area contributed by atoms with Crippen LogP contribution in [0.5, 0.6) is 0 Å². The molecule has 4 rings (SSSR count). The largest absolute Gasteiger partial charge is 0.465 e. The Morgan fingerprint density at radius 1 is 1.19 bits per heavy atom. The van der Waals surface area contributed by atoms with Crippen molar-refractivity contribution in [1.82, 2.24) is 0 Å². The van der Waals surface area contributed by atoms with E-state index < -0.39 is 16.8 Å². The molecule has 0 amide bonds. The summed E-state index contributed by atoms with van der Waals surface area (Å²) in [6.45, 7) is 0. The van der Waals surface area contributed by atoms with E-state index in [9.17, 15) is 19.7 Å². The fourth-order valence-corrected chi connectivity index (χ4v) is 4.45. The highest BCUT2D eigenvalue weighted by Gasteiger charge is 2.43. The number of halogens is 1. The van der Waals surface area contributed by atoms with Crippen molar-refractivity contribution in [3.05, 3.63) is 97.6 Å². The van der Waals surface area contributed by atoms with Gasteiger partial charge in [0.15, 0.2) is 5.78 Å². The normalized spacial score (nSPS) is 20.5. The molecule has 0 aromatic heterocycles. The molecule has 0 unspecified atom stereocenters. The Bertz CT molecular complexity index is 1190. The average Bonchev–Trinajstić information content (AvgIpc) is 2.78. The lowest BCUT2D eigenvalue weighted by molar-refractivity contribution is -0.384. The number of methoxy groups -OCH3 is 1. The molecule has 1 aliphatic carbocycles. The molecule has 1 heterocycles. The minimum atomic E-state index is -0.966. The van der Waals surface area contributed by atoms with Gasteiger partial charge in [-0.2, -0.15) is 0 Å². The summed E-state index contributed by atoms with van der Waals surface area (Å²) in [5, 5.41) is 11.4. The number of carbonyl (C=O) groups excluding carboxylic acids is 2. The van der Waals surface area contributed by atoms with Crippen LogP contribution in [0.4, 0.5) is 5.69 Å². The molecule has 2 aromatic carbocycles. The van der Waals surface area contributed by atoms with Gasteiger partial charge >= 0.3 is 5.97 Å². The third-order valence-electron chi connectivity index (χ3n) is 5.72. The molecule has 2 aliphatic rings. The monoisotopic (exact) mass is 454 g/mol. The van der Waals surface area contributed by atoms with Crippen LogP contribution in [0.2, 0.25) is 5.02 Å². The van der Waals surface area contributed by atoms with Crippen molar-refractivity contribution in [2.75, 3.05) is 7.11 Å². The molecule has 0 saturated heterocycles. The van der Waals surface area contributed by atoms with Gasteiger partial charge in [-0.1, -0.05) is 48.0 Å². The minimum absolute atomic E-state index is 0.0595. The first-order valence-electron chi connectivity index (χ1n) is 9.82. The first-order chi connectivity index (χ1) is 15.3. The summed E-state index contributed by atoms with van der Waals surface area (Å²) < 4.78 is 10.6. The van der Waals surface area contributed by atoms with Crippen LogP contribution >= 0.6 is 11.6 Å². The van der Waals surface area contributed by atoms with Crippen molar-refractivity contribution in [2.45, 2.75) is 24.7 Å². The molecule has 32 heavy (non-hydrogen) atoms. The van der Waals surface area contributed by atoms with Crippen molar-refractivity contribution in [2.24, 2.45) is 5.73 Å². The van der Waals surface area contributed by atoms with E-state index in [0.717, 1.165) is 5.56 Å². The number of nitrogens with two attached hydrogens (primary N) is 1. The number of nitro benzene ring substituents is 1. The average molecular weight is 455 g/mol. The number of nitro groups is 1. The van der Waals surface area contributed by atoms with E-state index in [1.165, 1.54) is 25.3 Å². The molecule has 1 aliphatic heterocycles. The van der Waals surface area contributed by atoms with Gasteiger partial charge in [-0.25, -0.2) is 4.79 Å². The number of Topliss-reactive ketones (excluding diaryl/α,β-unsaturated/α-hetero) is 1. The second kappa shape index (κ2) is 8.47. The Kier molecular flexibility index (Phi) is 5.71. The van der Waals surface area contributed by atoms with Crippen LogP contribution in [0.15, 0.2) is 71.3 Å². The molecule has 164 valence electrons. The summed E-state index contributed by atoms with van der Waals surface area (Å²) in [6, 6.07) is 13.7. The predicted molar refractivity (Wildman–Crippen MR) is 116 cm³/mol. The molecule has 2 atom stereocenters. The summed E-state index contributed by atoms with van der Waals surface area (Å²) in [5.74, 6) is -1.93. The molecule has 0 saturated carbocycles. The molecule has 9 heteroatoms. The van der Waals surface area contributed by atoms with Crippen LogP contribution in [0.1, 0.15) is 35.8 Å². The molecule has 0 radical (unpaired) electrons. The fraction of sp³-hybridized carbons (Fsp3) is 0.217. The van der Waals surface area contributed by atoms with Gasteiger partial charge in [0.25, 0.3) is 5.69 Å². The highest BCUT2D eigenvalue weighted by atomic mass is 35.5. The smallest absolute Gasteiger partial charge is 0.340 e. The summed E-state index contributed by atoms with van der Waals surface area (Å²) in [4.78, 5) is 36.7. The number of benzene rings is 2. The van der Waals surface area contributed by atoms with Crippen LogP contribution in [-0.4, -0.2) is 23.8 Å². The molecule has 2 N–H and O–H groups in total. The van der Waals surface area contributed by atoms with Crippen LogP contribution < -0.4 is 5.73 Å². The minimum Gasteiger partial charge on any atom is -0.465 e. The number of hydrogen-bond donors (Lipinski definition) is 1. The molecule has 2 aromatic rings. The highest BCUT2D eigenvalue weighted by Crippen LogP contribution is 2.48. The van der Waals surface area contributed by atoms with Gasteiger partial charge in [-0.3, -0.25) is 14.9 Å². The van der Waals surface area contributed by atoms with Crippen LogP contribution in [-0.2, 0) is 19.1 Å². The van der Waals surface area contributed by atoms with E-state index in [1.54, 1.807) is 0 Å². The van der Waals surface area contributed by atoms with E-state index in [1.807, 2.05) is 30.3 Å². The Hall–Kier alpha value is -3.65. The van der Waals surface area contributed by atoms with Crippen molar-refractivity contribution in [1.29, 1.82) is 0 Å². The Labute approximate surface area is 188 Å². The van der Waals surface area contributed by atoms with Gasteiger partial charge in [0.2, 0.25) is 5.88 Å². The van der Waals surface area contributed by atoms with Crippen LogP contribution in [0.25, 0.3) is 0 Å². The maximum Gasteiger partial charge on any atom is 0.340 e. The molecule has 0 spiro atoms. The highest BCUT2D eigenvalue weighted by molar-refractivity contribution is 6.32. The molecular formula is C23H19ClN2O6. The summed E-state index contributed by atoms with van der Waals surface area (Å²) in [5.41, 5.74) is 7.24. The van der Waals surface area contributed by atoms with E-state index in [4.69, 9.17) is 26.8 Å². The Morgan fingerprint density at radius 2 is 1.91 bits per heavy atom. The van der Waals surface area contributed by atoms with Crippen LogP contribution in [0.3, 0.4) is 0 Å². The van der Waals surface area contributed by atoms with Gasteiger partial charge in [-0.15, -0.1) is 0 Å². The number of nitrogens with zero attached hydrogens (tertiary/aromatic N) is 1. The van der Waals surface area contributed by atoms with E-state index in [-0.39, 0.29) is 45.9 Å². The summed E-state index contributed by atoms with van der Waals surface area (Å²) >= 11 is 5.96. The molecular weight excluding hydrogens is 436 g/mol. The molecule has 0 fully saturated rings. The van der Waals surface area contributed by atoms with E-state index >= 15 is 0 Å². The zero-order valence-electron chi connectivity index (χ0n) is 17.0. The quantitative estimate of drug-likeness (QED) is 0.419. The summed E-state index contributed by atoms with van der Waals surface area (Å²) in [6.07, 6.45) is 0.596. The lowest BCUT2D eigenvalue weighted by Crippen LogP contribution is -2.33. The van der Waals surface area contributed by atoms with Gasteiger partial charge in [0.1, 0.15) is 16.4 Å². The molecule has 8 nitrogen and oxygen atoms in total. The van der Waals surface area contributed by atoms with E-state index in [0.29, 0.717) is 17.7 Å². The third kappa shape index (κ3) is 3.73. The number of rotatable bonds is 4. The number of esters is 1. The Morgan fingerprint density at radius 3 is 2.56 bits per heavy atom. The SMILES string of the molecule is COC(=O)C1=C(N)OC2=C(C(=O)C[C@H](c3ccccc3)C2)[C@@H]1c1ccc(Cl)c([N+](=O)[O-])c1. The van der Waals surface area contributed by atoms with Crippen molar-refractivity contribution in [3.8, 4) is 0 Å². The van der Waals surface area contributed by atoms with Gasteiger partial charge in [0, 0.05) is 24.5 Å². The van der Waals surface area contributed by atoms with Crippen molar-refractivity contribution < 1.29 is 24.0 Å². The number of ketones is 1. The fourth-order valence-electron chi connectivity index (χ4n) is 4.26. The van der Waals surface area contributed by atoms with Crippen LogP contribution in [0, 0.1) is 10.1 Å². The van der Waals surface area contributed by atoms with E-state index in [2.05, 4.69) is 0 Å². The summed E-state index contributed by atoms with van der Waals surface area (Å²) in [7, 11) is 1.18.